The predicted octanol–water partition coefficient (Wildman–Crippen LogP) is 2.01. The van der Waals surface area contributed by atoms with Crippen molar-refractivity contribution in [2.45, 2.75) is 26.3 Å². The van der Waals surface area contributed by atoms with Crippen LogP contribution in [0.25, 0.3) is 0 Å². The van der Waals surface area contributed by atoms with Crippen molar-refractivity contribution in [3.63, 3.8) is 0 Å². The van der Waals surface area contributed by atoms with E-state index < -0.39 is 0 Å². The zero-order valence-electron chi connectivity index (χ0n) is 8.83. The minimum Gasteiger partial charge on any atom is -0.305 e. The Balaban J connectivity index is 2.68. The Morgan fingerprint density at radius 2 is 2.29 bits per heavy atom. The summed E-state index contributed by atoms with van der Waals surface area (Å²) >= 11 is 0. The highest BCUT2D eigenvalue weighted by molar-refractivity contribution is 5.10. The van der Waals surface area contributed by atoms with Crippen molar-refractivity contribution in [3.8, 4) is 0 Å². The number of rotatable bonds is 5. The molecule has 0 aromatic carbocycles. The van der Waals surface area contributed by atoms with Gasteiger partial charge in [0.15, 0.2) is 0 Å². The molecule has 1 atom stereocenters. The maximum absolute atomic E-state index is 4.31. The first kappa shape index (κ1) is 10.9. The molecule has 1 N–H and O–H groups in total. The minimum atomic E-state index is 0.114. The van der Waals surface area contributed by atoms with Crippen molar-refractivity contribution < 1.29 is 0 Å². The summed E-state index contributed by atoms with van der Waals surface area (Å²) in [4.78, 5) is 8.51. The van der Waals surface area contributed by atoms with E-state index in [1.165, 1.54) is 0 Å². The highest BCUT2D eigenvalue weighted by Crippen LogP contribution is 2.09. The molecule has 14 heavy (non-hydrogen) atoms. The second-order valence-electron chi connectivity index (χ2n) is 3.25. The van der Waals surface area contributed by atoms with Crippen molar-refractivity contribution in [3.05, 3.63) is 36.4 Å². The summed E-state index contributed by atoms with van der Waals surface area (Å²) in [6, 6.07) is 0.114. The van der Waals surface area contributed by atoms with E-state index in [1.807, 2.05) is 13.0 Å². The Hall–Kier alpha value is -1.22. The van der Waals surface area contributed by atoms with Crippen LogP contribution in [0.4, 0.5) is 0 Å². The molecule has 1 aromatic rings. The van der Waals surface area contributed by atoms with Crippen LogP contribution in [0.2, 0.25) is 0 Å². The van der Waals surface area contributed by atoms with Crippen LogP contribution < -0.4 is 5.32 Å². The molecule has 1 aromatic heterocycles. The van der Waals surface area contributed by atoms with Crippen LogP contribution in [-0.4, -0.2) is 16.5 Å². The van der Waals surface area contributed by atoms with Crippen LogP contribution in [0, 0.1) is 6.92 Å². The summed E-state index contributed by atoms with van der Waals surface area (Å²) in [5, 5.41) is 3.33. The largest absolute Gasteiger partial charge is 0.305 e. The van der Waals surface area contributed by atoms with Crippen molar-refractivity contribution in [2.75, 3.05) is 6.54 Å². The van der Waals surface area contributed by atoms with Crippen LogP contribution in [0.3, 0.4) is 0 Å². The molecule has 0 aliphatic rings. The number of nitrogens with zero attached hydrogens (tertiary/aromatic N) is 2. The van der Waals surface area contributed by atoms with Crippen molar-refractivity contribution in [2.24, 2.45) is 0 Å². The molecule has 0 saturated heterocycles. The number of hydrogen-bond donors (Lipinski definition) is 1. The molecule has 76 valence electrons. The maximum Gasteiger partial charge on any atom is 0.0795 e. The average molecular weight is 191 g/mol. The SMILES string of the molecule is C=CC(NCCC)c1cnc(C)cn1. The summed E-state index contributed by atoms with van der Waals surface area (Å²) in [6.07, 6.45) is 6.53. The monoisotopic (exact) mass is 191 g/mol. The van der Waals surface area contributed by atoms with Gasteiger partial charge in [0.25, 0.3) is 0 Å². The van der Waals surface area contributed by atoms with Crippen LogP contribution in [-0.2, 0) is 0 Å². The highest BCUT2D eigenvalue weighted by Gasteiger charge is 2.06. The topological polar surface area (TPSA) is 37.8 Å². The van der Waals surface area contributed by atoms with E-state index in [2.05, 4.69) is 28.8 Å². The van der Waals surface area contributed by atoms with Gasteiger partial charge >= 0.3 is 0 Å². The van der Waals surface area contributed by atoms with E-state index in [-0.39, 0.29) is 6.04 Å². The van der Waals surface area contributed by atoms with Gasteiger partial charge in [0.1, 0.15) is 0 Å². The van der Waals surface area contributed by atoms with E-state index >= 15 is 0 Å². The van der Waals surface area contributed by atoms with Gasteiger partial charge in [0.2, 0.25) is 0 Å². The van der Waals surface area contributed by atoms with Gasteiger partial charge in [-0.15, -0.1) is 6.58 Å². The van der Waals surface area contributed by atoms with Gasteiger partial charge < -0.3 is 5.32 Å². The summed E-state index contributed by atoms with van der Waals surface area (Å²) in [5.41, 5.74) is 1.87. The molecule has 0 spiro atoms. The lowest BCUT2D eigenvalue weighted by atomic mass is 10.2. The standard InChI is InChI=1S/C11H17N3/c1-4-6-12-10(5-2)11-8-13-9(3)7-14-11/h5,7-8,10,12H,2,4,6H2,1,3H3. The summed E-state index contributed by atoms with van der Waals surface area (Å²) in [7, 11) is 0. The molecular formula is C11H17N3. The highest BCUT2D eigenvalue weighted by atomic mass is 14.9. The Labute approximate surface area is 85.3 Å². The maximum atomic E-state index is 4.31. The second-order valence-corrected chi connectivity index (χ2v) is 3.25. The fourth-order valence-electron chi connectivity index (χ4n) is 1.17. The van der Waals surface area contributed by atoms with Crippen LogP contribution in [0.15, 0.2) is 25.0 Å². The van der Waals surface area contributed by atoms with Crippen LogP contribution in [0.5, 0.6) is 0 Å². The second kappa shape index (κ2) is 5.50. The number of aryl methyl sites for hydroxylation is 1. The van der Waals surface area contributed by atoms with Gasteiger partial charge in [-0.2, -0.15) is 0 Å². The van der Waals surface area contributed by atoms with E-state index in [0.29, 0.717) is 0 Å². The minimum absolute atomic E-state index is 0.114. The fraction of sp³-hybridized carbons (Fsp3) is 0.455. The summed E-state index contributed by atoms with van der Waals surface area (Å²) in [5.74, 6) is 0. The van der Waals surface area contributed by atoms with Gasteiger partial charge in [0, 0.05) is 6.20 Å². The van der Waals surface area contributed by atoms with E-state index in [4.69, 9.17) is 0 Å². The van der Waals surface area contributed by atoms with Crippen LogP contribution >= 0.6 is 0 Å². The lowest BCUT2D eigenvalue weighted by Gasteiger charge is -2.12. The predicted molar refractivity (Wildman–Crippen MR) is 58.0 cm³/mol. The van der Waals surface area contributed by atoms with Gasteiger partial charge in [-0.1, -0.05) is 13.0 Å². The first-order valence-corrected chi connectivity index (χ1v) is 4.92. The third-order valence-electron chi connectivity index (χ3n) is 1.97. The zero-order chi connectivity index (χ0) is 10.4. The Kier molecular flexibility index (Phi) is 4.26. The molecule has 0 saturated carbocycles. The van der Waals surface area contributed by atoms with Gasteiger partial charge in [-0.3, -0.25) is 9.97 Å². The number of nitrogens with one attached hydrogen (secondary N) is 1. The third-order valence-corrected chi connectivity index (χ3v) is 1.97. The molecule has 0 fully saturated rings. The van der Waals surface area contributed by atoms with E-state index in [1.54, 1.807) is 12.4 Å². The molecule has 0 amide bonds. The molecule has 3 heteroatoms. The number of aromatic nitrogens is 2. The molecule has 1 unspecified atom stereocenters. The Morgan fingerprint density at radius 1 is 1.50 bits per heavy atom. The van der Waals surface area contributed by atoms with Gasteiger partial charge in [-0.05, 0) is 19.9 Å². The quantitative estimate of drug-likeness (QED) is 0.723. The van der Waals surface area contributed by atoms with Crippen molar-refractivity contribution >= 4 is 0 Å². The Morgan fingerprint density at radius 3 is 2.79 bits per heavy atom. The lowest BCUT2D eigenvalue weighted by Crippen LogP contribution is -2.21. The smallest absolute Gasteiger partial charge is 0.0795 e. The van der Waals surface area contributed by atoms with E-state index in [9.17, 15) is 0 Å². The molecule has 3 nitrogen and oxygen atoms in total. The summed E-state index contributed by atoms with van der Waals surface area (Å²) < 4.78 is 0. The van der Waals surface area contributed by atoms with Crippen molar-refractivity contribution in [1.82, 2.24) is 15.3 Å². The third kappa shape index (κ3) is 2.92. The molecule has 0 aliphatic heterocycles. The lowest BCUT2D eigenvalue weighted by molar-refractivity contribution is 0.598. The number of hydrogen-bond acceptors (Lipinski definition) is 3. The molecule has 1 heterocycles. The average Bonchev–Trinajstić information content (AvgIpc) is 2.21. The molecule has 0 bridgehead atoms. The first-order chi connectivity index (χ1) is 6.77. The van der Waals surface area contributed by atoms with Gasteiger partial charge in [0.05, 0.1) is 23.6 Å². The van der Waals surface area contributed by atoms with Gasteiger partial charge in [-0.25, -0.2) is 0 Å². The normalized spacial score (nSPS) is 12.4. The first-order valence-electron chi connectivity index (χ1n) is 4.92. The molecular weight excluding hydrogens is 174 g/mol. The molecule has 0 aliphatic carbocycles. The molecule has 0 radical (unpaired) electrons. The summed E-state index contributed by atoms with van der Waals surface area (Å²) in [6.45, 7) is 8.81. The van der Waals surface area contributed by atoms with E-state index in [0.717, 1.165) is 24.4 Å². The molecule has 1 rings (SSSR count). The fourth-order valence-corrected chi connectivity index (χ4v) is 1.17. The van der Waals surface area contributed by atoms with Crippen LogP contribution in [0.1, 0.15) is 30.8 Å². The zero-order valence-corrected chi connectivity index (χ0v) is 8.83. The van der Waals surface area contributed by atoms with Crippen molar-refractivity contribution in [1.29, 1.82) is 0 Å². The Bertz CT molecular complexity index is 279.